The van der Waals surface area contributed by atoms with E-state index in [0.29, 0.717) is 0 Å². The van der Waals surface area contributed by atoms with Crippen molar-refractivity contribution in [2.24, 2.45) is 10.8 Å². The van der Waals surface area contributed by atoms with Crippen LogP contribution in [0.25, 0.3) is 43.1 Å². The lowest BCUT2D eigenvalue weighted by molar-refractivity contribution is -0.110. The Balaban J connectivity index is 1.69. The summed E-state index contributed by atoms with van der Waals surface area (Å²) in [6.07, 6.45) is 1.71. The standard InChI is InChI=1S/C42H46O/c1-9-27-29-19-11-15-23-33(29)37(34-24-16-12-20-30(27)34)39(41(3,4)5)43-40(42(6,7)8)38-35-25-17-13-21-31(35)28(10-2)32-22-14-18-26-36(32)38/h11-26,39-40H,9-10H2,1-8H3/t39-,40+. The number of benzene rings is 6. The molecule has 0 fully saturated rings. The molecule has 0 saturated heterocycles. The van der Waals surface area contributed by atoms with Gasteiger partial charge in [-0.1, -0.05) is 152 Å². The molecule has 6 aromatic carbocycles. The summed E-state index contributed by atoms with van der Waals surface area (Å²) in [6.45, 7) is 18.6. The van der Waals surface area contributed by atoms with Crippen molar-refractivity contribution in [2.45, 2.75) is 80.4 Å². The Hall–Kier alpha value is -3.68. The number of fused-ring (bicyclic) bond motifs is 4. The highest BCUT2D eigenvalue weighted by atomic mass is 16.5. The molecule has 0 amide bonds. The molecule has 43 heavy (non-hydrogen) atoms. The van der Waals surface area contributed by atoms with Crippen LogP contribution in [0.15, 0.2) is 97.1 Å². The predicted molar refractivity (Wildman–Crippen MR) is 187 cm³/mol. The van der Waals surface area contributed by atoms with Crippen LogP contribution < -0.4 is 0 Å². The molecule has 0 saturated carbocycles. The third kappa shape index (κ3) is 5.02. The van der Waals surface area contributed by atoms with E-state index in [9.17, 15) is 0 Å². The van der Waals surface area contributed by atoms with E-state index < -0.39 is 0 Å². The van der Waals surface area contributed by atoms with E-state index >= 15 is 0 Å². The number of aryl methyl sites for hydroxylation is 2. The average Bonchev–Trinajstić information content (AvgIpc) is 2.99. The van der Waals surface area contributed by atoms with Crippen molar-refractivity contribution in [1.82, 2.24) is 0 Å². The second-order valence-electron chi connectivity index (χ2n) is 14.3. The number of hydrogen-bond donors (Lipinski definition) is 0. The van der Waals surface area contributed by atoms with Crippen LogP contribution in [-0.2, 0) is 17.6 Å². The molecule has 2 atom stereocenters. The maximum Gasteiger partial charge on any atom is 0.0893 e. The van der Waals surface area contributed by atoms with Gasteiger partial charge in [0.2, 0.25) is 0 Å². The minimum Gasteiger partial charge on any atom is -0.364 e. The van der Waals surface area contributed by atoms with Gasteiger partial charge >= 0.3 is 0 Å². The lowest BCUT2D eigenvalue weighted by Gasteiger charge is -2.41. The molecule has 0 aliphatic heterocycles. The zero-order valence-electron chi connectivity index (χ0n) is 27.2. The fraction of sp³-hybridized carbons (Fsp3) is 0.333. The first-order valence-electron chi connectivity index (χ1n) is 16.1. The van der Waals surface area contributed by atoms with Crippen molar-refractivity contribution in [3.63, 3.8) is 0 Å². The highest BCUT2D eigenvalue weighted by Gasteiger charge is 2.39. The van der Waals surface area contributed by atoms with Crippen LogP contribution in [0.5, 0.6) is 0 Å². The van der Waals surface area contributed by atoms with Crippen molar-refractivity contribution >= 4 is 43.1 Å². The summed E-state index contributed by atoms with van der Waals surface area (Å²) >= 11 is 0. The van der Waals surface area contributed by atoms with Crippen molar-refractivity contribution in [1.29, 1.82) is 0 Å². The zero-order valence-corrected chi connectivity index (χ0v) is 27.2. The van der Waals surface area contributed by atoms with Gasteiger partial charge in [-0.25, -0.2) is 0 Å². The first-order valence-corrected chi connectivity index (χ1v) is 16.1. The lowest BCUT2D eigenvalue weighted by Crippen LogP contribution is -2.30. The van der Waals surface area contributed by atoms with E-state index in [4.69, 9.17) is 4.74 Å². The van der Waals surface area contributed by atoms with Crippen molar-refractivity contribution in [3.8, 4) is 0 Å². The Labute approximate surface area is 257 Å². The van der Waals surface area contributed by atoms with Crippen LogP contribution in [0, 0.1) is 10.8 Å². The Kier molecular flexibility index (Phi) is 7.59. The van der Waals surface area contributed by atoms with Crippen LogP contribution >= 0.6 is 0 Å². The minimum atomic E-state index is -0.155. The molecule has 0 N–H and O–H groups in total. The molecule has 220 valence electrons. The summed E-state index contributed by atoms with van der Waals surface area (Å²) in [6, 6.07) is 35.9. The van der Waals surface area contributed by atoms with Crippen LogP contribution in [0.2, 0.25) is 0 Å². The van der Waals surface area contributed by atoms with Crippen molar-refractivity contribution < 1.29 is 4.74 Å². The minimum absolute atomic E-state index is 0.138. The monoisotopic (exact) mass is 566 g/mol. The third-order valence-electron chi connectivity index (χ3n) is 9.25. The van der Waals surface area contributed by atoms with Gasteiger partial charge in [-0.3, -0.25) is 0 Å². The summed E-state index contributed by atoms with van der Waals surface area (Å²) < 4.78 is 7.73. The van der Waals surface area contributed by atoms with Crippen molar-refractivity contribution in [2.75, 3.05) is 0 Å². The predicted octanol–water partition coefficient (Wildman–Crippen LogP) is 12.3. The van der Waals surface area contributed by atoms with Gasteiger partial charge in [-0.2, -0.15) is 0 Å². The molecule has 0 aliphatic rings. The number of ether oxygens (including phenoxy) is 1. The van der Waals surface area contributed by atoms with Crippen LogP contribution in [0.4, 0.5) is 0 Å². The fourth-order valence-electron chi connectivity index (χ4n) is 7.38. The van der Waals surface area contributed by atoms with Gasteiger partial charge in [0.05, 0.1) is 12.2 Å². The van der Waals surface area contributed by atoms with Gasteiger partial charge in [0.15, 0.2) is 0 Å². The maximum atomic E-state index is 7.73. The number of rotatable bonds is 6. The highest BCUT2D eigenvalue weighted by molar-refractivity contribution is 6.07. The molecule has 0 aromatic heterocycles. The molecule has 0 radical (unpaired) electrons. The summed E-state index contributed by atoms with van der Waals surface area (Å²) in [5, 5.41) is 10.6. The second kappa shape index (κ2) is 11.1. The quantitative estimate of drug-likeness (QED) is 0.182. The van der Waals surface area contributed by atoms with Gasteiger partial charge in [0, 0.05) is 0 Å². The van der Waals surface area contributed by atoms with Gasteiger partial charge in [0.1, 0.15) is 0 Å². The summed E-state index contributed by atoms with van der Waals surface area (Å²) in [5.41, 5.74) is 5.15. The molecule has 0 spiro atoms. The SMILES string of the molecule is CCc1c2ccccc2c([C@@H](O[C@@H](c2c3ccccc3c(CC)c3ccccc23)C(C)(C)C)C(C)(C)C)c2ccccc12. The van der Waals surface area contributed by atoms with Gasteiger partial charge in [-0.05, 0) is 89.0 Å². The Bertz CT molecular complexity index is 1690. The highest BCUT2D eigenvalue weighted by Crippen LogP contribution is 2.52. The van der Waals surface area contributed by atoms with E-state index in [-0.39, 0.29) is 23.0 Å². The van der Waals surface area contributed by atoms with Gasteiger partial charge < -0.3 is 4.74 Å². The Morgan fingerprint density at radius 2 is 0.651 bits per heavy atom. The smallest absolute Gasteiger partial charge is 0.0893 e. The van der Waals surface area contributed by atoms with Crippen LogP contribution in [0.1, 0.15) is 89.9 Å². The summed E-state index contributed by atoms with van der Waals surface area (Å²) in [4.78, 5) is 0. The summed E-state index contributed by atoms with van der Waals surface area (Å²) in [7, 11) is 0. The normalized spacial score (nSPS) is 14.1. The van der Waals surface area contributed by atoms with Gasteiger partial charge in [-0.15, -0.1) is 0 Å². The molecule has 0 heterocycles. The maximum absolute atomic E-state index is 7.73. The molecule has 1 heteroatoms. The second-order valence-corrected chi connectivity index (χ2v) is 14.3. The Morgan fingerprint density at radius 3 is 0.860 bits per heavy atom. The van der Waals surface area contributed by atoms with E-state index in [2.05, 4.69) is 152 Å². The molecular weight excluding hydrogens is 520 g/mol. The fourth-order valence-corrected chi connectivity index (χ4v) is 7.38. The average molecular weight is 567 g/mol. The molecule has 1 nitrogen and oxygen atoms in total. The third-order valence-corrected chi connectivity index (χ3v) is 9.25. The first kappa shape index (κ1) is 29.4. The molecule has 0 aliphatic carbocycles. The molecule has 0 unspecified atom stereocenters. The van der Waals surface area contributed by atoms with E-state index in [1.165, 1.54) is 65.3 Å². The number of hydrogen-bond acceptors (Lipinski definition) is 1. The first-order chi connectivity index (χ1) is 20.6. The topological polar surface area (TPSA) is 9.23 Å². The van der Waals surface area contributed by atoms with Crippen LogP contribution in [-0.4, -0.2) is 0 Å². The van der Waals surface area contributed by atoms with E-state index in [1.54, 1.807) is 0 Å². The van der Waals surface area contributed by atoms with Crippen LogP contribution in [0.3, 0.4) is 0 Å². The molecular formula is C42H46O. The van der Waals surface area contributed by atoms with E-state index in [0.717, 1.165) is 12.8 Å². The summed E-state index contributed by atoms with van der Waals surface area (Å²) in [5.74, 6) is 0. The molecule has 0 bridgehead atoms. The molecule has 6 rings (SSSR count). The molecule has 6 aromatic rings. The van der Waals surface area contributed by atoms with Gasteiger partial charge in [0.25, 0.3) is 0 Å². The Morgan fingerprint density at radius 1 is 0.419 bits per heavy atom. The van der Waals surface area contributed by atoms with Crippen molar-refractivity contribution in [3.05, 3.63) is 119 Å². The van der Waals surface area contributed by atoms with E-state index in [1.807, 2.05) is 0 Å². The lowest BCUT2D eigenvalue weighted by atomic mass is 9.76. The largest absolute Gasteiger partial charge is 0.364 e. The zero-order chi connectivity index (χ0) is 30.5.